The lowest BCUT2D eigenvalue weighted by Gasteiger charge is -2.32. The van der Waals surface area contributed by atoms with E-state index in [1.165, 1.54) is 12.7 Å². The molecule has 1 saturated carbocycles. The molecule has 112 valence electrons. The van der Waals surface area contributed by atoms with Gasteiger partial charge in [0.05, 0.1) is 12.1 Å². The van der Waals surface area contributed by atoms with E-state index in [0.29, 0.717) is 13.1 Å². The molecule has 0 radical (unpaired) electrons. The fraction of sp³-hybridized carbons (Fsp3) is 0.769. The number of nitrogens with zero attached hydrogens (tertiary/aromatic N) is 3. The molecule has 0 saturated heterocycles. The largest absolute Gasteiger partial charge is 0.388 e. The molecule has 2 rings (SSSR count). The highest BCUT2D eigenvalue weighted by Gasteiger charge is 2.29. The van der Waals surface area contributed by atoms with Crippen LogP contribution in [-0.4, -0.2) is 44.1 Å². The second-order valence-corrected chi connectivity index (χ2v) is 5.63. The van der Waals surface area contributed by atoms with Crippen LogP contribution in [0.4, 0.5) is 4.79 Å². The van der Waals surface area contributed by atoms with Gasteiger partial charge in [0.15, 0.2) is 0 Å². The minimum atomic E-state index is -0.731. The highest BCUT2D eigenvalue weighted by molar-refractivity contribution is 5.74. The molecule has 0 spiro atoms. The topological polar surface area (TPSA) is 92.1 Å². The number of aromatic nitrogens is 3. The van der Waals surface area contributed by atoms with E-state index in [1.54, 1.807) is 11.0 Å². The van der Waals surface area contributed by atoms with E-state index in [9.17, 15) is 9.90 Å². The van der Waals surface area contributed by atoms with E-state index in [-0.39, 0.29) is 12.1 Å². The minimum Gasteiger partial charge on any atom is -0.388 e. The van der Waals surface area contributed by atoms with Crippen molar-refractivity contribution in [2.45, 2.75) is 57.2 Å². The lowest BCUT2D eigenvalue weighted by atomic mass is 9.85. The molecule has 1 aliphatic carbocycles. The zero-order valence-corrected chi connectivity index (χ0v) is 11.9. The van der Waals surface area contributed by atoms with Gasteiger partial charge in [0, 0.05) is 12.6 Å². The molecule has 1 atom stereocenters. The van der Waals surface area contributed by atoms with Crippen LogP contribution in [0.3, 0.4) is 0 Å². The number of urea groups is 1. The molecule has 0 aliphatic heterocycles. The summed E-state index contributed by atoms with van der Waals surface area (Å²) in [6, 6.07) is -0.311. The molecule has 3 N–H and O–H groups in total. The summed E-state index contributed by atoms with van der Waals surface area (Å²) in [4.78, 5) is 15.6. The number of hydrogen-bond acceptors (Lipinski definition) is 4. The van der Waals surface area contributed by atoms with Crippen LogP contribution in [0.1, 0.15) is 39.0 Å². The number of aliphatic hydroxyl groups is 1. The van der Waals surface area contributed by atoms with Crippen LogP contribution < -0.4 is 10.6 Å². The van der Waals surface area contributed by atoms with Gasteiger partial charge >= 0.3 is 6.03 Å². The van der Waals surface area contributed by atoms with Gasteiger partial charge in [-0.05, 0) is 19.8 Å². The summed E-state index contributed by atoms with van der Waals surface area (Å²) in [6.07, 6.45) is 7.84. The molecule has 7 heteroatoms. The quantitative estimate of drug-likeness (QED) is 0.739. The molecule has 0 bridgehead atoms. The second-order valence-electron chi connectivity index (χ2n) is 5.63. The van der Waals surface area contributed by atoms with Crippen LogP contribution in [0, 0.1) is 0 Å². The smallest absolute Gasteiger partial charge is 0.315 e. The van der Waals surface area contributed by atoms with Crippen molar-refractivity contribution in [3.8, 4) is 0 Å². The first-order valence-electron chi connectivity index (χ1n) is 7.17. The zero-order valence-electron chi connectivity index (χ0n) is 11.9. The lowest BCUT2D eigenvalue weighted by Crippen LogP contribution is -2.49. The third-order valence-electron chi connectivity index (χ3n) is 3.67. The van der Waals surface area contributed by atoms with E-state index in [1.807, 2.05) is 6.92 Å². The molecule has 1 aromatic rings. The standard InChI is InChI=1S/C13H23N5O2/c1-11(7-18-10-14-9-16-18)17-12(19)15-8-13(20)5-3-2-4-6-13/h9-11,20H,2-8H2,1H3,(H2,15,17,19). The van der Waals surface area contributed by atoms with Crippen LogP contribution in [-0.2, 0) is 6.54 Å². The molecular weight excluding hydrogens is 258 g/mol. The van der Waals surface area contributed by atoms with E-state index in [2.05, 4.69) is 20.7 Å². The summed E-state index contributed by atoms with van der Waals surface area (Å²) in [5.74, 6) is 0. The van der Waals surface area contributed by atoms with Gasteiger partial charge in [0.2, 0.25) is 0 Å². The van der Waals surface area contributed by atoms with E-state index in [0.717, 1.165) is 25.7 Å². The number of nitrogens with one attached hydrogen (secondary N) is 2. The van der Waals surface area contributed by atoms with Crippen molar-refractivity contribution in [1.82, 2.24) is 25.4 Å². The highest BCUT2D eigenvalue weighted by atomic mass is 16.3. The molecule has 7 nitrogen and oxygen atoms in total. The van der Waals surface area contributed by atoms with Crippen LogP contribution in [0.2, 0.25) is 0 Å². The van der Waals surface area contributed by atoms with Gasteiger partial charge in [-0.15, -0.1) is 0 Å². The maximum atomic E-state index is 11.8. The summed E-state index contributed by atoms with van der Waals surface area (Å²) >= 11 is 0. The van der Waals surface area contributed by atoms with Crippen molar-refractivity contribution in [3.05, 3.63) is 12.7 Å². The van der Waals surface area contributed by atoms with E-state index >= 15 is 0 Å². The van der Waals surface area contributed by atoms with Crippen LogP contribution in [0.5, 0.6) is 0 Å². The monoisotopic (exact) mass is 281 g/mol. The minimum absolute atomic E-state index is 0.0577. The second kappa shape index (κ2) is 6.69. The first kappa shape index (κ1) is 14.8. The van der Waals surface area contributed by atoms with Crippen molar-refractivity contribution >= 4 is 6.03 Å². The Kier molecular flexibility index (Phi) is 4.94. The molecule has 20 heavy (non-hydrogen) atoms. The maximum Gasteiger partial charge on any atom is 0.315 e. The van der Waals surface area contributed by atoms with Crippen LogP contribution >= 0.6 is 0 Å². The predicted octanol–water partition coefficient (Wildman–Crippen LogP) is 0.661. The lowest BCUT2D eigenvalue weighted by molar-refractivity contribution is 0.00712. The normalized spacial score (nSPS) is 19.3. The fourth-order valence-corrected chi connectivity index (χ4v) is 2.56. The molecule has 0 aromatic carbocycles. The number of amides is 2. The summed E-state index contributed by atoms with van der Waals surface area (Å²) in [7, 11) is 0. The van der Waals surface area contributed by atoms with Gasteiger partial charge in [0.25, 0.3) is 0 Å². The first-order valence-corrected chi connectivity index (χ1v) is 7.17. The average molecular weight is 281 g/mol. The van der Waals surface area contributed by atoms with E-state index < -0.39 is 5.60 Å². The summed E-state index contributed by atoms with van der Waals surface area (Å²) in [5.41, 5.74) is -0.731. The molecule has 1 aliphatic rings. The van der Waals surface area contributed by atoms with Crippen molar-refractivity contribution in [2.75, 3.05) is 6.54 Å². The summed E-state index contributed by atoms with van der Waals surface area (Å²) in [6.45, 7) is 2.78. The SMILES string of the molecule is CC(Cn1cncn1)NC(=O)NCC1(O)CCCCC1. The van der Waals surface area contributed by atoms with Gasteiger partial charge < -0.3 is 15.7 Å². The molecule has 1 unspecified atom stereocenters. The number of carbonyl (C=O) groups excluding carboxylic acids is 1. The molecule has 1 heterocycles. The molecule has 1 aromatic heterocycles. The van der Waals surface area contributed by atoms with Crippen molar-refractivity contribution in [1.29, 1.82) is 0 Å². The Morgan fingerprint density at radius 1 is 1.45 bits per heavy atom. The summed E-state index contributed by atoms with van der Waals surface area (Å²) in [5, 5.41) is 19.9. The Labute approximate surface area is 118 Å². The van der Waals surface area contributed by atoms with Gasteiger partial charge in [0.1, 0.15) is 12.7 Å². The van der Waals surface area contributed by atoms with Gasteiger partial charge in [-0.25, -0.2) is 9.78 Å². The third-order valence-corrected chi connectivity index (χ3v) is 3.67. The average Bonchev–Trinajstić information content (AvgIpc) is 2.90. The highest BCUT2D eigenvalue weighted by Crippen LogP contribution is 2.27. The Bertz CT molecular complexity index is 414. The van der Waals surface area contributed by atoms with E-state index in [4.69, 9.17) is 0 Å². The molecule has 1 fully saturated rings. The molecule has 2 amide bonds. The van der Waals surface area contributed by atoms with Gasteiger partial charge in [-0.1, -0.05) is 19.3 Å². The first-order chi connectivity index (χ1) is 9.57. The van der Waals surface area contributed by atoms with Crippen LogP contribution in [0.15, 0.2) is 12.7 Å². The maximum absolute atomic E-state index is 11.8. The van der Waals surface area contributed by atoms with Crippen molar-refractivity contribution in [3.63, 3.8) is 0 Å². The Balaban J connectivity index is 1.69. The third kappa shape index (κ3) is 4.48. The van der Waals surface area contributed by atoms with Gasteiger partial charge in [-0.2, -0.15) is 5.10 Å². The van der Waals surface area contributed by atoms with Crippen LogP contribution in [0.25, 0.3) is 0 Å². The Morgan fingerprint density at radius 2 is 2.20 bits per heavy atom. The number of carbonyl (C=O) groups is 1. The number of rotatable bonds is 5. The Morgan fingerprint density at radius 3 is 2.85 bits per heavy atom. The van der Waals surface area contributed by atoms with Crippen molar-refractivity contribution < 1.29 is 9.90 Å². The number of hydrogen-bond donors (Lipinski definition) is 3. The fourth-order valence-electron chi connectivity index (χ4n) is 2.56. The predicted molar refractivity (Wildman–Crippen MR) is 74.1 cm³/mol. The summed E-state index contributed by atoms with van der Waals surface area (Å²) < 4.78 is 1.67. The molecular formula is C13H23N5O2. The van der Waals surface area contributed by atoms with Gasteiger partial charge in [-0.3, -0.25) is 4.68 Å². The van der Waals surface area contributed by atoms with Crippen molar-refractivity contribution in [2.24, 2.45) is 0 Å². The zero-order chi connectivity index (χ0) is 14.4. The Hall–Kier alpha value is -1.63.